The molecule has 0 nitrogen and oxygen atoms in total. The summed E-state index contributed by atoms with van der Waals surface area (Å²) in [5.41, 5.74) is 1.54. The summed E-state index contributed by atoms with van der Waals surface area (Å²) in [6, 6.07) is 0. The van der Waals surface area contributed by atoms with Gasteiger partial charge in [-0.3, -0.25) is 0 Å². The maximum absolute atomic E-state index is 3.76. The topological polar surface area (TPSA) is 0 Å². The van der Waals surface area contributed by atoms with Crippen LogP contribution in [0.5, 0.6) is 0 Å². The zero-order valence-corrected chi connectivity index (χ0v) is 8.22. The van der Waals surface area contributed by atoms with Gasteiger partial charge < -0.3 is 0 Å². The molecule has 0 fully saturated rings. The van der Waals surface area contributed by atoms with E-state index in [0.29, 0.717) is 12.6 Å². The summed E-state index contributed by atoms with van der Waals surface area (Å²) in [5.74, 6) is 0.521. The van der Waals surface area contributed by atoms with Crippen LogP contribution in [-0.4, -0.2) is 6.71 Å². The Morgan fingerprint density at radius 2 is 2.09 bits per heavy atom. The van der Waals surface area contributed by atoms with E-state index < -0.39 is 0 Å². The van der Waals surface area contributed by atoms with Gasteiger partial charge in [-0.2, -0.15) is 0 Å². The second-order valence-electron chi connectivity index (χ2n) is 3.34. The Morgan fingerprint density at radius 1 is 1.55 bits per heavy atom. The molecule has 1 atom stereocenters. The first kappa shape index (κ1) is 10.5. The third-order valence-electron chi connectivity index (χ3n) is 2.00. The van der Waals surface area contributed by atoms with E-state index in [2.05, 4.69) is 40.1 Å². The molecule has 0 aliphatic heterocycles. The molecule has 0 spiro atoms. The quantitative estimate of drug-likeness (QED) is 0.425. The Morgan fingerprint density at radius 3 is 2.36 bits per heavy atom. The fraction of sp³-hybridized carbons (Fsp3) is 0.600. The van der Waals surface area contributed by atoms with E-state index in [1.165, 1.54) is 5.47 Å². The molecular formula is C10H19B. The third kappa shape index (κ3) is 4.08. The summed E-state index contributed by atoms with van der Waals surface area (Å²) in [5, 5.41) is 0. The van der Waals surface area contributed by atoms with Gasteiger partial charge in [0.25, 0.3) is 0 Å². The Labute approximate surface area is 71.5 Å². The van der Waals surface area contributed by atoms with Crippen molar-refractivity contribution in [2.45, 2.75) is 33.9 Å². The highest BCUT2D eigenvalue weighted by Gasteiger charge is 2.04. The highest BCUT2D eigenvalue weighted by Crippen LogP contribution is 2.10. The molecule has 1 unspecified atom stereocenters. The van der Waals surface area contributed by atoms with Gasteiger partial charge in [-0.15, -0.1) is 12.1 Å². The van der Waals surface area contributed by atoms with Crippen molar-refractivity contribution in [3.05, 3.63) is 24.2 Å². The highest BCUT2D eigenvalue weighted by atomic mass is 13.9. The van der Waals surface area contributed by atoms with Crippen LogP contribution >= 0.6 is 0 Å². The lowest BCUT2D eigenvalue weighted by atomic mass is 9.47. The van der Waals surface area contributed by atoms with Crippen LogP contribution in [0.3, 0.4) is 0 Å². The minimum Gasteiger partial charge on any atom is -0.105 e. The smallest absolute Gasteiger partial charge is 0.105 e. The van der Waals surface area contributed by atoms with Gasteiger partial charge in [-0.05, 0) is 12.3 Å². The van der Waals surface area contributed by atoms with Crippen LogP contribution in [0.15, 0.2) is 24.2 Å². The highest BCUT2D eigenvalue weighted by molar-refractivity contribution is 6.63. The van der Waals surface area contributed by atoms with Crippen LogP contribution in [0.1, 0.15) is 20.3 Å². The van der Waals surface area contributed by atoms with Gasteiger partial charge in [0, 0.05) is 0 Å². The van der Waals surface area contributed by atoms with Crippen LogP contribution in [0, 0.1) is 5.92 Å². The average molecular weight is 150 g/mol. The van der Waals surface area contributed by atoms with Crippen molar-refractivity contribution >= 4 is 6.71 Å². The average Bonchev–Trinajstić information content (AvgIpc) is 1.99. The molecule has 0 saturated heterocycles. The fourth-order valence-electron chi connectivity index (χ4n) is 1.12. The molecular weight excluding hydrogens is 131 g/mol. The molecule has 0 aliphatic carbocycles. The SMILES string of the molecule is C=CC(C)/C=C(\CC)B(C)C. The summed E-state index contributed by atoms with van der Waals surface area (Å²) in [4.78, 5) is 0. The molecule has 0 rings (SSSR count). The van der Waals surface area contributed by atoms with Gasteiger partial charge in [-0.25, -0.2) is 0 Å². The predicted molar refractivity (Wildman–Crippen MR) is 55.2 cm³/mol. The van der Waals surface area contributed by atoms with Crippen molar-refractivity contribution in [3.8, 4) is 0 Å². The Kier molecular flexibility index (Phi) is 5.01. The molecule has 62 valence electrons. The predicted octanol–water partition coefficient (Wildman–Crippen LogP) is 3.44. The summed E-state index contributed by atoms with van der Waals surface area (Å²) in [7, 11) is 0. The fourth-order valence-corrected chi connectivity index (χ4v) is 1.12. The Hall–Kier alpha value is -0.455. The van der Waals surface area contributed by atoms with Gasteiger partial charge in [-0.1, -0.05) is 39.6 Å². The molecule has 0 aromatic carbocycles. The lowest BCUT2D eigenvalue weighted by Crippen LogP contribution is -2.06. The maximum Gasteiger partial charge on any atom is 0.163 e. The lowest BCUT2D eigenvalue weighted by Gasteiger charge is -2.07. The van der Waals surface area contributed by atoms with Crippen LogP contribution in [0.25, 0.3) is 0 Å². The van der Waals surface area contributed by atoms with Crippen molar-refractivity contribution in [1.82, 2.24) is 0 Å². The van der Waals surface area contributed by atoms with E-state index in [-0.39, 0.29) is 0 Å². The molecule has 11 heavy (non-hydrogen) atoms. The molecule has 0 saturated carbocycles. The molecule has 1 heteroatoms. The maximum atomic E-state index is 3.76. The van der Waals surface area contributed by atoms with E-state index in [0.717, 1.165) is 6.42 Å². The van der Waals surface area contributed by atoms with E-state index in [1.54, 1.807) is 0 Å². The largest absolute Gasteiger partial charge is 0.163 e. The first-order chi connectivity index (χ1) is 5.11. The van der Waals surface area contributed by atoms with Crippen LogP contribution in [0.4, 0.5) is 0 Å². The monoisotopic (exact) mass is 150 g/mol. The molecule has 0 aliphatic rings. The molecule has 0 bridgehead atoms. The van der Waals surface area contributed by atoms with Crippen LogP contribution < -0.4 is 0 Å². The molecule has 0 aromatic heterocycles. The first-order valence-electron chi connectivity index (χ1n) is 4.44. The van der Waals surface area contributed by atoms with Gasteiger partial charge in [0.15, 0.2) is 6.71 Å². The van der Waals surface area contributed by atoms with Crippen LogP contribution in [0.2, 0.25) is 13.6 Å². The molecule has 0 amide bonds. The number of hydrogen-bond donors (Lipinski definition) is 0. The van der Waals surface area contributed by atoms with Crippen molar-refractivity contribution in [3.63, 3.8) is 0 Å². The standard InChI is InChI=1S/C10H19B/c1-6-9(3)8-10(7-2)11(4)5/h6,8-9H,1,7H2,2-5H3/b10-8+. The lowest BCUT2D eigenvalue weighted by molar-refractivity contribution is 0.926. The number of rotatable bonds is 4. The minimum absolute atomic E-state index is 0.521. The van der Waals surface area contributed by atoms with Crippen molar-refractivity contribution in [2.75, 3.05) is 0 Å². The van der Waals surface area contributed by atoms with Crippen molar-refractivity contribution < 1.29 is 0 Å². The second-order valence-corrected chi connectivity index (χ2v) is 3.34. The minimum atomic E-state index is 0.521. The molecule has 0 radical (unpaired) electrons. The normalized spacial score (nSPS) is 14.4. The Balaban J connectivity index is 4.21. The van der Waals surface area contributed by atoms with Gasteiger partial charge in [0.05, 0.1) is 0 Å². The van der Waals surface area contributed by atoms with Crippen LogP contribution in [-0.2, 0) is 0 Å². The number of hydrogen-bond acceptors (Lipinski definition) is 0. The molecule has 0 N–H and O–H groups in total. The second kappa shape index (κ2) is 5.23. The van der Waals surface area contributed by atoms with Crippen molar-refractivity contribution in [2.24, 2.45) is 5.92 Å². The third-order valence-corrected chi connectivity index (χ3v) is 2.00. The first-order valence-corrected chi connectivity index (χ1v) is 4.44. The summed E-state index contributed by atoms with van der Waals surface area (Å²) in [6.45, 7) is 13.3. The van der Waals surface area contributed by atoms with Gasteiger partial charge in [0.2, 0.25) is 0 Å². The molecule has 0 heterocycles. The summed E-state index contributed by atoms with van der Waals surface area (Å²) >= 11 is 0. The molecule has 0 aromatic rings. The van der Waals surface area contributed by atoms with E-state index >= 15 is 0 Å². The summed E-state index contributed by atoms with van der Waals surface area (Å²) < 4.78 is 0. The van der Waals surface area contributed by atoms with Gasteiger partial charge in [0.1, 0.15) is 0 Å². The Bertz CT molecular complexity index is 145. The van der Waals surface area contributed by atoms with E-state index in [9.17, 15) is 0 Å². The van der Waals surface area contributed by atoms with Crippen molar-refractivity contribution in [1.29, 1.82) is 0 Å². The zero-order chi connectivity index (χ0) is 8.85. The zero-order valence-electron chi connectivity index (χ0n) is 8.22. The summed E-state index contributed by atoms with van der Waals surface area (Å²) in [6.07, 6.45) is 5.46. The van der Waals surface area contributed by atoms with E-state index in [1.807, 2.05) is 6.08 Å². The number of allylic oxidation sites excluding steroid dienone is 3. The van der Waals surface area contributed by atoms with Gasteiger partial charge >= 0.3 is 0 Å². The van der Waals surface area contributed by atoms with E-state index in [4.69, 9.17) is 0 Å².